The summed E-state index contributed by atoms with van der Waals surface area (Å²) in [4.78, 5) is 40.1. The highest BCUT2D eigenvalue weighted by atomic mass is 32.1. The number of nitrogens with one attached hydrogen (secondary N) is 1. The van der Waals surface area contributed by atoms with Crippen LogP contribution in [0.4, 0.5) is 10.8 Å². The predicted octanol–water partition coefficient (Wildman–Crippen LogP) is 5.02. The van der Waals surface area contributed by atoms with Gasteiger partial charge in [0.2, 0.25) is 5.91 Å². The first-order valence-electron chi connectivity index (χ1n) is 10.4. The van der Waals surface area contributed by atoms with E-state index in [1.54, 1.807) is 36.6 Å². The topological polar surface area (TPSA) is 125 Å². The molecule has 0 unspecified atom stereocenters. The molecule has 2 heterocycles. The van der Waals surface area contributed by atoms with Crippen LogP contribution in [0, 0.1) is 24.0 Å². The lowest BCUT2D eigenvalue weighted by Crippen LogP contribution is -2.16. The van der Waals surface area contributed by atoms with Crippen molar-refractivity contribution in [2.45, 2.75) is 26.7 Å². The minimum atomic E-state index is -0.483. The van der Waals surface area contributed by atoms with E-state index < -0.39 is 10.5 Å². The lowest BCUT2D eigenvalue weighted by atomic mass is 10.0. The van der Waals surface area contributed by atoms with E-state index in [0.717, 1.165) is 10.9 Å². The number of hydrogen-bond acceptors (Lipinski definition) is 8. The van der Waals surface area contributed by atoms with Gasteiger partial charge in [-0.25, -0.2) is 9.78 Å². The third kappa shape index (κ3) is 4.67. The average molecular weight is 480 g/mol. The van der Waals surface area contributed by atoms with Gasteiger partial charge in [-0.3, -0.25) is 14.9 Å². The molecule has 0 aliphatic rings. The summed E-state index contributed by atoms with van der Waals surface area (Å²) in [5.74, 6) is 0.287. The first kappa shape index (κ1) is 23.1. The van der Waals surface area contributed by atoms with Crippen molar-refractivity contribution >= 4 is 39.0 Å². The summed E-state index contributed by atoms with van der Waals surface area (Å²) in [5, 5.41) is 16.8. The summed E-state index contributed by atoms with van der Waals surface area (Å²) in [6, 6.07) is 10.1. The number of anilines is 1. The van der Waals surface area contributed by atoms with E-state index in [2.05, 4.69) is 10.3 Å². The maximum absolute atomic E-state index is 12.5. The predicted molar refractivity (Wildman–Crippen MR) is 130 cm³/mol. The third-order valence-electron chi connectivity index (χ3n) is 5.55. The number of rotatable bonds is 7. The van der Waals surface area contributed by atoms with Gasteiger partial charge in [0, 0.05) is 46.0 Å². The van der Waals surface area contributed by atoms with Crippen LogP contribution < -0.4 is 15.7 Å². The van der Waals surface area contributed by atoms with Crippen molar-refractivity contribution in [2.24, 2.45) is 0 Å². The van der Waals surface area contributed by atoms with Crippen LogP contribution in [0.5, 0.6) is 5.75 Å². The number of carbonyl (C=O) groups excluding carboxylic acids is 1. The number of carbonyl (C=O) groups is 1. The van der Waals surface area contributed by atoms with Gasteiger partial charge in [-0.1, -0.05) is 12.1 Å². The number of ether oxygens (including phenoxy) is 1. The van der Waals surface area contributed by atoms with Gasteiger partial charge in [0.1, 0.15) is 11.3 Å². The summed E-state index contributed by atoms with van der Waals surface area (Å²) in [6.45, 7) is 3.50. The van der Waals surface area contributed by atoms with Gasteiger partial charge in [0.15, 0.2) is 5.13 Å². The Hall–Kier alpha value is -4.05. The molecule has 1 amide bonds. The number of amides is 1. The van der Waals surface area contributed by atoms with Crippen molar-refractivity contribution < 1.29 is 18.9 Å². The molecule has 0 saturated carbocycles. The number of hydrogen-bond donors (Lipinski definition) is 1. The van der Waals surface area contributed by atoms with E-state index >= 15 is 0 Å². The second-order valence-corrected chi connectivity index (χ2v) is 8.56. The Bertz CT molecular complexity index is 1470. The van der Waals surface area contributed by atoms with Gasteiger partial charge < -0.3 is 14.5 Å². The molecule has 4 aromatic rings. The second-order valence-electron chi connectivity index (χ2n) is 7.70. The largest absolute Gasteiger partial charge is 0.497 e. The molecule has 0 aliphatic heterocycles. The first-order valence-corrected chi connectivity index (χ1v) is 11.3. The minimum Gasteiger partial charge on any atom is -0.497 e. The summed E-state index contributed by atoms with van der Waals surface area (Å²) >= 11 is 1.22. The molecule has 34 heavy (non-hydrogen) atoms. The fraction of sp³-hybridized carbons (Fsp3) is 0.208. The number of methoxy groups -OCH3 is 1. The molecule has 2 aromatic heterocycles. The summed E-state index contributed by atoms with van der Waals surface area (Å²) in [5.41, 5.74) is 2.85. The molecule has 0 bridgehead atoms. The molecule has 174 valence electrons. The normalized spacial score (nSPS) is 10.9. The molecule has 0 radical (unpaired) electrons. The van der Waals surface area contributed by atoms with Crippen molar-refractivity contribution in [3.8, 4) is 17.0 Å². The van der Waals surface area contributed by atoms with Gasteiger partial charge in [-0.2, -0.15) is 0 Å². The van der Waals surface area contributed by atoms with E-state index in [9.17, 15) is 19.7 Å². The van der Waals surface area contributed by atoms with E-state index in [4.69, 9.17) is 9.15 Å². The van der Waals surface area contributed by atoms with Crippen molar-refractivity contribution in [1.29, 1.82) is 0 Å². The molecule has 0 aliphatic carbocycles. The highest BCUT2D eigenvalue weighted by Gasteiger charge is 2.16. The van der Waals surface area contributed by atoms with E-state index in [1.807, 2.05) is 13.0 Å². The number of nitrogens with zero attached hydrogens (tertiary/aromatic N) is 2. The Kier molecular flexibility index (Phi) is 6.42. The van der Waals surface area contributed by atoms with E-state index in [1.165, 1.54) is 24.5 Å². The number of fused-ring (bicyclic) bond motifs is 1. The fourth-order valence-electron chi connectivity index (χ4n) is 3.64. The molecule has 9 nitrogen and oxygen atoms in total. The van der Waals surface area contributed by atoms with Crippen LogP contribution in [-0.4, -0.2) is 22.9 Å². The molecular formula is C24H21N3O6S. The number of aryl methyl sites for hydroxylation is 2. The Labute approximate surface area is 198 Å². The maximum atomic E-state index is 12.5. The van der Waals surface area contributed by atoms with Crippen LogP contribution in [0.1, 0.15) is 23.1 Å². The maximum Gasteiger partial charge on any atom is 0.339 e. The highest BCUT2D eigenvalue weighted by molar-refractivity contribution is 7.14. The summed E-state index contributed by atoms with van der Waals surface area (Å²) in [7, 11) is 1.54. The van der Waals surface area contributed by atoms with Crippen molar-refractivity contribution in [3.63, 3.8) is 0 Å². The Morgan fingerprint density at radius 2 is 2.03 bits per heavy atom. The van der Waals surface area contributed by atoms with Gasteiger partial charge in [0.25, 0.3) is 5.69 Å². The first-order chi connectivity index (χ1) is 16.3. The molecule has 2 aromatic carbocycles. The SMILES string of the molecule is COc1ccc2c(C)c(CCC(=O)Nc3nc(-c4ccc(C)c([N+](=O)[O-])c4)cs3)c(=O)oc2c1. The molecular weight excluding hydrogens is 458 g/mol. The van der Waals surface area contributed by atoms with Crippen molar-refractivity contribution in [3.05, 3.63) is 79.0 Å². The third-order valence-corrected chi connectivity index (χ3v) is 6.31. The molecule has 0 saturated heterocycles. The standard InChI is InChI=1S/C24H21N3O6S/c1-13-4-5-15(10-20(13)27(30)31)19-12-34-24(25-19)26-22(28)9-8-18-14(2)17-7-6-16(32-3)11-21(17)33-23(18)29/h4-7,10-12H,8-9H2,1-3H3,(H,25,26,28). The Morgan fingerprint density at radius 3 is 2.76 bits per heavy atom. The zero-order chi connectivity index (χ0) is 24.4. The number of benzene rings is 2. The number of nitro groups is 1. The lowest BCUT2D eigenvalue weighted by Gasteiger charge is -2.08. The zero-order valence-corrected chi connectivity index (χ0v) is 19.5. The van der Waals surface area contributed by atoms with Crippen molar-refractivity contribution in [1.82, 2.24) is 4.98 Å². The van der Waals surface area contributed by atoms with Crippen LogP contribution in [0.3, 0.4) is 0 Å². The molecule has 1 N–H and O–H groups in total. The molecule has 4 rings (SSSR count). The van der Waals surface area contributed by atoms with Crippen LogP contribution in [0.15, 0.2) is 51.0 Å². The number of thiazole rings is 1. The van der Waals surface area contributed by atoms with Gasteiger partial charge in [-0.15, -0.1) is 11.3 Å². The number of aromatic nitrogens is 1. The van der Waals surface area contributed by atoms with E-state index in [-0.39, 0.29) is 24.4 Å². The van der Waals surface area contributed by atoms with Crippen LogP contribution in [0.25, 0.3) is 22.2 Å². The second kappa shape index (κ2) is 9.44. The average Bonchev–Trinajstić information content (AvgIpc) is 3.26. The lowest BCUT2D eigenvalue weighted by molar-refractivity contribution is -0.385. The highest BCUT2D eigenvalue weighted by Crippen LogP contribution is 2.29. The number of nitro benzene ring substituents is 1. The molecule has 0 spiro atoms. The van der Waals surface area contributed by atoms with Crippen LogP contribution in [0.2, 0.25) is 0 Å². The molecule has 0 atom stereocenters. The van der Waals surface area contributed by atoms with E-state index in [0.29, 0.717) is 38.8 Å². The van der Waals surface area contributed by atoms with Gasteiger partial charge in [-0.05, 0) is 38.0 Å². The summed E-state index contributed by atoms with van der Waals surface area (Å²) < 4.78 is 10.6. The summed E-state index contributed by atoms with van der Waals surface area (Å²) in [6.07, 6.45) is 0.280. The Morgan fingerprint density at radius 1 is 1.24 bits per heavy atom. The Balaban J connectivity index is 1.46. The monoisotopic (exact) mass is 479 g/mol. The zero-order valence-electron chi connectivity index (χ0n) is 18.7. The van der Waals surface area contributed by atoms with Gasteiger partial charge >= 0.3 is 5.63 Å². The fourth-order valence-corrected chi connectivity index (χ4v) is 4.38. The smallest absolute Gasteiger partial charge is 0.339 e. The quantitative estimate of drug-likeness (QED) is 0.224. The minimum absolute atomic E-state index is 0.0131. The van der Waals surface area contributed by atoms with Crippen molar-refractivity contribution in [2.75, 3.05) is 12.4 Å². The molecule has 10 heteroatoms. The van der Waals surface area contributed by atoms with Crippen LogP contribution in [-0.2, 0) is 11.2 Å². The van der Waals surface area contributed by atoms with Gasteiger partial charge in [0.05, 0.1) is 17.7 Å². The van der Waals surface area contributed by atoms with Crippen LogP contribution >= 0.6 is 11.3 Å². The molecule has 0 fully saturated rings.